The Morgan fingerprint density at radius 3 is 2.40 bits per heavy atom. The topological polar surface area (TPSA) is 128 Å². The minimum Gasteiger partial charge on any atom is -0.486 e. The molecule has 0 saturated carbocycles. The maximum atomic E-state index is 13.4. The molecule has 2 aromatic rings. The monoisotopic (exact) mass is 502 g/mol. The summed E-state index contributed by atoms with van der Waals surface area (Å²) in [4.78, 5) is 38.1. The fourth-order valence-electron chi connectivity index (χ4n) is 4.30. The minimum absolute atomic E-state index is 0.0304. The van der Waals surface area contributed by atoms with Crippen molar-refractivity contribution in [3.8, 4) is 11.5 Å². The number of hydrogen-bond donors (Lipinski definition) is 1. The molecular weight excluding hydrogens is 476 g/mol. The highest BCUT2D eigenvalue weighted by Gasteiger charge is 2.43. The van der Waals surface area contributed by atoms with Gasteiger partial charge in [-0.05, 0) is 23.6 Å². The number of hydrogen-bond acceptors (Lipinski definition) is 8. The fourth-order valence-corrected chi connectivity index (χ4v) is 6.13. The summed E-state index contributed by atoms with van der Waals surface area (Å²) in [5.74, 6) is -1.95. The third kappa shape index (κ3) is 4.87. The van der Waals surface area contributed by atoms with E-state index in [0.717, 1.165) is 11.4 Å². The summed E-state index contributed by atoms with van der Waals surface area (Å²) >= 11 is 0. The molecule has 0 fully saturated rings. The number of methoxy groups -OCH3 is 1. The fraction of sp³-hybridized carbons (Fsp3) is 0.375. The molecule has 2 atom stereocenters. The standard InChI is InChI=1S/C24H26N2O8S/c1-3-26-18(12-16-13-19-20(34-10-9-33-19)14-21(16)35(26,30)31)23(28)25-17(22(27)24(29)32-2)11-15-7-5-4-6-8-15/h4-8,13-14,17-18H,3,9-12H2,1-2H3,(H,25,28)/t17-,18?/m0/s1. The van der Waals surface area contributed by atoms with Gasteiger partial charge >= 0.3 is 5.97 Å². The summed E-state index contributed by atoms with van der Waals surface area (Å²) in [5.41, 5.74) is 1.13. The van der Waals surface area contributed by atoms with Gasteiger partial charge in [-0.15, -0.1) is 0 Å². The summed E-state index contributed by atoms with van der Waals surface area (Å²) in [6, 6.07) is 9.52. The number of Topliss-reactive ketones (excluding diaryl/α,β-unsaturated/α-hetero) is 1. The molecule has 35 heavy (non-hydrogen) atoms. The molecule has 2 aliphatic rings. The minimum atomic E-state index is -4.04. The van der Waals surface area contributed by atoms with Crippen molar-refractivity contribution in [3.05, 3.63) is 53.6 Å². The predicted molar refractivity (Wildman–Crippen MR) is 124 cm³/mol. The molecule has 0 spiro atoms. The molecule has 4 rings (SSSR count). The number of rotatable bonds is 7. The maximum Gasteiger partial charge on any atom is 0.376 e. The first-order valence-corrected chi connectivity index (χ1v) is 12.6. The number of benzene rings is 2. The molecule has 2 aliphatic heterocycles. The second-order valence-electron chi connectivity index (χ2n) is 8.14. The number of nitrogens with one attached hydrogen (secondary N) is 1. The number of carbonyl (C=O) groups excluding carboxylic acids is 3. The van der Waals surface area contributed by atoms with Crippen LogP contribution in [0.3, 0.4) is 0 Å². The molecule has 0 radical (unpaired) electrons. The average Bonchev–Trinajstić information content (AvgIpc) is 2.86. The van der Waals surface area contributed by atoms with Crippen LogP contribution in [-0.2, 0) is 42.0 Å². The molecule has 2 aromatic carbocycles. The number of amides is 1. The van der Waals surface area contributed by atoms with Gasteiger partial charge in [0.05, 0.1) is 12.0 Å². The Bertz CT molecular complexity index is 1250. The first kappa shape index (κ1) is 24.7. The maximum absolute atomic E-state index is 13.4. The lowest BCUT2D eigenvalue weighted by Crippen LogP contribution is -2.57. The van der Waals surface area contributed by atoms with Gasteiger partial charge in [-0.2, -0.15) is 4.31 Å². The molecule has 0 saturated heterocycles. The lowest BCUT2D eigenvalue weighted by molar-refractivity contribution is -0.153. The molecule has 2 heterocycles. The van der Waals surface area contributed by atoms with E-state index >= 15 is 0 Å². The van der Waals surface area contributed by atoms with E-state index in [1.807, 2.05) is 0 Å². The first-order valence-electron chi connectivity index (χ1n) is 11.2. The van der Waals surface area contributed by atoms with E-state index < -0.39 is 39.8 Å². The number of sulfonamides is 1. The van der Waals surface area contributed by atoms with Crippen LogP contribution in [0.25, 0.3) is 0 Å². The number of carbonyl (C=O) groups is 3. The van der Waals surface area contributed by atoms with Crippen molar-refractivity contribution >= 4 is 27.7 Å². The number of esters is 1. The number of fused-ring (bicyclic) bond motifs is 2. The molecule has 11 heteroatoms. The van der Waals surface area contributed by atoms with Crippen LogP contribution in [-0.4, -0.2) is 69.3 Å². The Kier molecular flexibility index (Phi) is 7.08. The zero-order valence-corrected chi connectivity index (χ0v) is 20.2. The van der Waals surface area contributed by atoms with Crippen molar-refractivity contribution < 1.29 is 37.0 Å². The molecule has 0 aliphatic carbocycles. The largest absolute Gasteiger partial charge is 0.486 e. The molecule has 10 nitrogen and oxygen atoms in total. The van der Waals surface area contributed by atoms with Gasteiger partial charge in [0.15, 0.2) is 11.5 Å². The molecule has 186 valence electrons. The van der Waals surface area contributed by atoms with E-state index in [1.165, 1.54) is 6.07 Å². The molecule has 1 amide bonds. The van der Waals surface area contributed by atoms with Crippen LogP contribution in [0.15, 0.2) is 47.4 Å². The number of likely N-dealkylation sites (N-methyl/N-ethyl adjacent to an activating group) is 1. The highest BCUT2D eigenvalue weighted by molar-refractivity contribution is 7.89. The van der Waals surface area contributed by atoms with Crippen LogP contribution in [0, 0.1) is 0 Å². The smallest absolute Gasteiger partial charge is 0.376 e. The number of ketones is 1. The van der Waals surface area contributed by atoms with Gasteiger partial charge in [0, 0.05) is 19.0 Å². The van der Waals surface area contributed by atoms with Gasteiger partial charge in [-0.3, -0.25) is 9.59 Å². The SMILES string of the molecule is CCN1C(C(=O)N[C@@H](Cc2ccccc2)C(=O)C(=O)OC)Cc2cc3c(cc2S1(=O)=O)OCCO3. The van der Waals surface area contributed by atoms with Crippen molar-refractivity contribution in [3.63, 3.8) is 0 Å². The Labute approximate surface area is 203 Å². The third-order valence-corrected chi connectivity index (χ3v) is 8.06. The van der Waals surface area contributed by atoms with Gasteiger partial charge in [-0.25, -0.2) is 13.2 Å². The number of nitrogens with zero attached hydrogens (tertiary/aromatic N) is 1. The second-order valence-corrected chi connectivity index (χ2v) is 10.00. The van der Waals surface area contributed by atoms with Crippen molar-refractivity contribution in [2.24, 2.45) is 0 Å². The third-order valence-electron chi connectivity index (χ3n) is 5.99. The Morgan fingerprint density at radius 2 is 1.77 bits per heavy atom. The first-order chi connectivity index (χ1) is 16.8. The second kappa shape index (κ2) is 10.0. The molecule has 0 bridgehead atoms. The Morgan fingerprint density at radius 1 is 1.11 bits per heavy atom. The van der Waals surface area contributed by atoms with E-state index in [-0.39, 0.29) is 24.3 Å². The number of ether oxygens (including phenoxy) is 3. The lowest BCUT2D eigenvalue weighted by Gasteiger charge is -2.35. The quantitative estimate of drug-likeness (QED) is 0.436. The van der Waals surface area contributed by atoms with Crippen LogP contribution in [0.2, 0.25) is 0 Å². The van der Waals surface area contributed by atoms with Crippen LogP contribution < -0.4 is 14.8 Å². The molecule has 0 aromatic heterocycles. The van der Waals surface area contributed by atoms with Crippen molar-refractivity contribution in [1.82, 2.24) is 9.62 Å². The van der Waals surface area contributed by atoms with Crippen LogP contribution >= 0.6 is 0 Å². The molecule has 1 unspecified atom stereocenters. The van der Waals surface area contributed by atoms with Crippen molar-refractivity contribution in [1.29, 1.82) is 0 Å². The summed E-state index contributed by atoms with van der Waals surface area (Å²) in [6.07, 6.45) is 0.108. The molecule has 1 N–H and O–H groups in total. The van der Waals surface area contributed by atoms with Crippen LogP contribution in [0.5, 0.6) is 11.5 Å². The Balaban J connectivity index is 1.65. The van der Waals surface area contributed by atoms with Crippen LogP contribution in [0.1, 0.15) is 18.1 Å². The Hall–Kier alpha value is -3.44. The van der Waals surface area contributed by atoms with Gasteiger partial charge in [0.25, 0.3) is 5.78 Å². The molecular formula is C24H26N2O8S. The van der Waals surface area contributed by atoms with Gasteiger partial charge in [-0.1, -0.05) is 37.3 Å². The van der Waals surface area contributed by atoms with E-state index in [1.54, 1.807) is 43.3 Å². The lowest BCUT2D eigenvalue weighted by atomic mass is 10.00. The zero-order valence-electron chi connectivity index (χ0n) is 19.4. The van der Waals surface area contributed by atoms with E-state index in [9.17, 15) is 22.8 Å². The zero-order chi connectivity index (χ0) is 25.2. The van der Waals surface area contributed by atoms with Gasteiger partial charge in [0.1, 0.15) is 25.3 Å². The van der Waals surface area contributed by atoms with E-state index in [2.05, 4.69) is 10.1 Å². The van der Waals surface area contributed by atoms with Gasteiger partial charge < -0.3 is 19.5 Å². The summed E-state index contributed by atoms with van der Waals surface area (Å²) in [6.45, 7) is 2.30. The van der Waals surface area contributed by atoms with Crippen molar-refractivity contribution in [2.75, 3.05) is 26.9 Å². The van der Waals surface area contributed by atoms with E-state index in [4.69, 9.17) is 9.47 Å². The van der Waals surface area contributed by atoms with Crippen LogP contribution in [0.4, 0.5) is 0 Å². The normalized spacial score (nSPS) is 19.2. The summed E-state index contributed by atoms with van der Waals surface area (Å²) < 4.78 is 43.6. The van der Waals surface area contributed by atoms with E-state index in [0.29, 0.717) is 35.8 Å². The van der Waals surface area contributed by atoms with Crippen molar-refractivity contribution in [2.45, 2.75) is 36.7 Å². The average molecular weight is 503 g/mol. The summed E-state index contributed by atoms with van der Waals surface area (Å²) in [5, 5.41) is 2.59. The highest BCUT2D eigenvalue weighted by atomic mass is 32.2. The van der Waals surface area contributed by atoms with Gasteiger partial charge in [0.2, 0.25) is 15.9 Å². The predicted octanol–water partition coefficient (Wildman–Crippen LogP) is 0.863. The highest BCUT2D eigenvalue weighted by Crippen LogP contribution is 2.39. The summed E-state index contributed by atoms with van der Waals surface area (Å²) in [7, 11) is -2.96.